The molecule has 1 aromatic carbocycles. The van der Waals surface area contributed by atoms with E-state index in [0.717, 1.165) is 16.7 Å². The van der Waals surface area contributed by atoms with Crippen LogP contribution in [0.1, 0.15) is 16.7 Å². The number of carboxylic acids is 1. The van der Waals surface area contributed by atoms with Crippen molar-refractivity contribution in [2.75, 3.05) is 13.7 Å². The van der Waals surface area contributed by atoms with Gasteiger partial charge in [-0.3, -0.25) is 4.79 Å². The van der Waals surface area contributed by atoms with Crippen molar-refractivity contribution in [1.82, 2.24) is 5.32 Å². The Bertz CT molecular complexity index is 523. The molecule has 1 atom stereocenters. The second-order valence-electron chi connectivity index (χ2n) is 4.50. The molecule has 0 radical (unpaired) electrons. The highest BCUT2D eigenvalue weighted by molar-refractivity contribution is 5.92. The SMILES string of the molecule is COC(CNC(=O)/C=C/c1ccc(C)cc1C)C(=O)O. The Hall–Kier alpha value is -2.14. The summed E-state index contributed by atoms with van der Waals surface area (Å²) in [5, 5.41) is 11.2. The van der Waals surface area contributed by atoms with E-state index in [1.165, 1.54) is 13.2 Å². The van der Waals surface area contributed by atoms with Gasteiger partial charge in [0, 0.05) is 13.2 Å². The van der Waals surface area contributed by atoms with Gasteiger partial charge in [-0.15, -0.1) is 0 Å². The third kappa shape index (κ3) is 4.85. The van der Waals surface area contributed by atoms with E-state index in [4.69, 9.17) is 9.84 Å². The van der Waals surface area contributed by atoms with Gasteiger partial charge < -0.3 is 15.2 Å². The second-order valence-corrected chi connectivity index (χ2v) is 4.50. The van der Waals surface area contributed by atoms with Gasteiger partial charge in [-0.25, -0.2) is 4.79 Å². The van der Waals surface area contributed by atoms with Crippen molar-refractivity contribution in [3.05, 3.63) is 41.0 Å². The molecule has 0 saturated heterocycles. The molecule has 0 heterocycles. The third-order valence-electron chi connectivity index (χ3n) is 2.86. The van der Waals surface area contributed by atoms with Crippen LogP contribution < -0.4 is 5.32 Å². The molecule has 1 amide bonds. The predicted molar refractivity (Wildman–Crippen MR) is 76.4 cm³/mol. The first-order chi connectivity index (χ1) is 9.43. The average Bonchev–Trinajstić information content (AvgIpc) is 2.38. The van der Waals surface area contributed by atoms with E-state index < -0.39 is 12.1 Å². The molecule has 5 nitrogen and oxygen atoms in total. The minimum absolute atomic E-state index is 0.0676. The Kier molecular flexibility index (Phi) is 5.93. The molecular formula is C15H19NO4. The number of benzene rings is 1. The van der Waals surface area contributed by atoms with Crippen molar-refractivity contribution >= 4 is 18.0 Å². The van der Waals surface area contributed by atoms with Crippen LogP contribution in [0.25, 0.3) is 6.08 Å². The molecule has 5 heteroatoms. The maximum Gasteiger partial charge on any atom is 0.334 e. The summed E-state index contributed by atoms with van der Waals surface area (Å²) in [7, 11) is 1.29. The highest BCUT2D eigenvalue weighted by atomic mass is 16.5. The average molecular weight is 277 g/mol. The molecule has 1 aromatic rings. The Morgan fingerprint density at radius 2 is 2.10 bits per heavy atom. The minimum atomic E-state index is -1.11. The number of nitrogens with one attached hydrogen (secondary N) is 1. The van der Waals surface area contributed by atoms with Gasteiger partial charge in [-0.05, 0) is 31.1 Å². The van der Waals surface area contributed by atoms with Crippen molar-refractivity contribution < 1.29 is 19.4 Å². The quantitative estimate of drug-likeness (QED) is 0.773. The van der Waals surface area contributed by atoms with Gasteiger partial charge in [0.2, 0.25) is 5.91 Å². The zero-order valence-corrected chi connectivity index (χ0v) is 11.8. The molecule has 0 fully saturated rings. The molecule has 0 aliphatic rings. The first-order valence-electron chi connectivity index (χ1n) is 6.22. The van der Waals surface area contributed by atoms with Crippen LogP contribution >= 0.6 is 0 Å². The monoisotopic (exact) mass is 277 g/mol. The van der Waals surface area contributed by atoms with Crippen molar-refractivity contribution in [2.24, 2.45) is 0 Å². The summed E-state index contributed by atoms with van der Waals surface area (Å²) in [6, 6.07) is 5.93. The molecule has 108 valence electrons. The number of methoxy groups -OCH3 is 1. The van der Waals surface area contributed by atoms with Gasteiger partial charge in [0.25, 0.3) is 0 Å². The number of ether oxygens (including phenoxy) is 1. The fourth-order valence-electron chi connectivity index (χ4n) is 1.70. The van der Waals surface area contributed by atoms with E-state index in [1.807, 2.05) is 32.0 Å². The molecule has 0 saturated carbocycles. The molecule has 2 N–H and O–H groups in total. The number of carbonyl (C=O) groups is 2. The molecule has 0 bridgehead atoms. The van der Waals surface area contributed by atoms with Crippen LogP contribution in [0.4, 0.5) is 0 Å². The van der Waals surface area contributed by atoms with E-state index in [9.17, 15) is 9.59 Å². The van der Waals surface area contributed by atoms with Crippen molar-refractivity contribution in [3.8, 4) is 0 Å². The van der Waals surface area contributed by atoms with Gasteiger partial charge in [-0.1, -0.05) is 23.8 Å². The van der Waals surface area contributed by atoms with E-state index >= 15 is 0 Å². The molecule has 0 spiro atoms. The molecule has 0 aliphatic carbocycles. The maximum atomic E-state index is 11.6. The summed E-state index contributed by atoms with van der Waals surface area (Å²) in [5.74, 6) is -1.46. The minimum Gasteiger partial charge on any atom is -0.479 e. The fraction of sp³-hybridized carbons (Fsp3) is 0.333. The fourth-order valence-corrected chi connectivity index (χ4v) is 1.70. The molecule has 20 heavy (non-hydrogen) atoms. The van der Waals surface area contributed by atoms with Crippen LogP contribution in [0.5, 0.6) is 0 Å². The number of rotatable bonds is 6. The number of carboxylic acid groups (broad SMARTS) is 1. The number of amides is 1. The highest BCUT2D eigenvalue weighted by Gasteiger charge is 2.16. The second kappa shape index (κ2) is 7.45. The van der Waals surface area contributed by atoms with E-state index in [-0.39, 0.29) is 12.5 Å². The van der Waals surface area contributed by atoms with E-state index in [0.29, 0.717) is 0 Å². The smallest absolute Gasteiger partial charge is 0.334 e. The van der Waals surface area contributed by atoms with Crippen LogP contribution in [-0.4, -0.2) is 36.7 Å². The molecule has 0 aliphatic heterocycles. The van der Waals surface area contributed by atoms with Crippen molar-refractivity contribution in [2.45, 2.75) is 20.0 Å². The summed E-state index contributed by atoms with van der Waals surface area (Å²) in [6.07, 6.45) is 2.05. The predicted octanol–water partition coefficient (Wildman–Crippen LogP) is 1.53. The molecule has 1 rings (SSSR count). The highest BCUT2D eigenvalue weighted by Crippen LogP contribution is 2.11. The lowest BCUT2D eigenvalue weighted by atomic mass is 10.1. The Morgan fingerprint density at radius 1 is 1.40 bits per heavy atom. The largest absolute Gasteiger partial charge is 0.479 e. The lowest BCUT2D eigenvalue weighted by Gasteiger charge is -2.10. The Morgan fingerprint density at radius 3 is 2.65 bits per heavy atom. The summed E-state index contributed by atoms with van der Waals surface area (Å²) < 4.78 is 4.72. The van der Waals surface area contributed by atoms with Crippen LogP contribution in [0.3, 0.4) is 0 Å². The van der Waals surface area contributed by atoms with Crippen LogP contribution in [0.2, 0.25) is 0 Å². The van der Waals surface area contributed by atoms with Gasteiger partial charge in [-0.2, -0.15) is 0 Å². The first kappa shape index (κ1) is 15.9. The number of hydrogen-bond acceptors (Lipinski definition) is 3. The normalized spacial score (nSPS) is 12.3. The Balaban J connectivity index is 2.57. The summed E-state index contributed by atoms with van der Waals surface area (Å²) >= 11 is 0. The lowest BCUT2D eigenvalue weighted by molar-refractivity contribution is -0.148. The van der Waals surface area contributed by atoms with Crippen molar-refractivity contribution in [1.29, 1.82) is 0 Å². The van der Waals surface area contributed by atoms with Gasteiger partial charge >= 0.3 is 5.97 Å². The summed E-state index contributed by atoms with van der Waals surface area (Å²) in [6.45, 7) is 3.90. The first-order valence-corrected chi connectivity index (χ1v) is 6.22. The standard InChI is InChI=1S/C15H19NO4/c1-10-4-5-12(11(2)8-10)6-7-14(17)16-9-13(20-3)15(18)19/h4-8,13H,9H2,1-3H3,(H,16,17)(H,18,19)/b7-6+. The topological polar surface area (TPSA) is 75.6 Å². The maximum absolute atomic E-state index is 11.6. The van der Waals surface area contributed by atoms with Gasteiger partial charge in [0.1, 0.15) is 0 Å². The molecule has 1 unspecified atom stereocenters. The Labute approximate surface area is 118 Å². The number of hydrogen-bond donors (Lipinski definition) is 2. The number of carbonyl (C=O) groups excluding carboxylic acids is 1. The van der Waals surface area contributed by atoms with Crippen LogP contribution in [-0.2, 0) is 14.3 Å². The van der Waals surface area contributed by atoms with E-state index in [2.05, 4.69) is 5.32 Å². The number of aryl methyl sites for hydroxylation is 2. The third-order valence-corrected chi connectivity index (χ3v) is 2.86. The van der Waals surface area contributed by atoms with Gasteiger partial charge in [0.05, 0.1) is 6.54 Å². The number of aliphatic carboxylic acids is 1. The lowest BCUT2D eigenvalue weighted by Crippen LogP contribution is -2.37. The van der Waals surface area contributed by atoms with Crippen molar-refractivity contribution in [3.63, 3.8) is 0 Å². The zero-order valence-electron chi connectivity index (χ0n) is 11.8. The molecular weight excluding hydrogens is 258 g/mol. The summed E-state index contributed by atoms with van der Waals surface area (Å²) in [4.78, 5) is 22.3. The molecule has 0 aromatic heterocycles. The van der Waals surface area contributed by atoms with Crippen LogP contribution in [0, 0.1) is 13.8 Å². The van der Waals surface area contributed by atoms with Gasteiger partial charge in [0.15, 0.2) is 6.10 Å². The zero-order chi connectivity index (χ0) is 15.1. The van der Waals surface area contributed by atoms with Crippen LogP contribution in [0.15, 0.2) is 24.3 Å². The van der Waals surface area contributed by atoms with E-state index in [1.54, 1.807) is 6.08 Å². The summed E-state index contributed by atoms with van der Waals surface area (Å²) in [5.41, 5.74) is 3.19.